The number of carbonyl (C=O) groups excluding carboxylic acids is 1. The number of fused-ring (bicyclic) bond motifs is 1. The zero-order chi connectivity index (χ0) is 17.4. The number of aromatic nitrogens is 3. The fourth-order valence-corrected chi connectivity index (χ4v) is 3.49. The molecule has 1 aromatic carbocycles. The van der Waals surface area contributed by atoms with E-state index in [1.54, 1.807) is 23.5 Å². The summed E-state index contributed by atoms with van der Waals surface area (Å²) in [6, 6.07) is 13.5. The van der Waals surface area contributed by atoms with E-state index < -0.39 is 5.91 Å². The van der Waals surface area contributed by atoms with Gasteiger partial charge in [0.2, 0.25) is 0 Å². The number of aryl methyl sites for hydroxylation is 1. The van der Waals surface area contributed by atoms with Crippen molar-refractivity contribution in [2.24, 2.45) is 5.73 Å². The number of hydrogen-bond donors (Lipinski definition) is 1. The average molecular weight is 348 g/mol. The Bertz CT molecular complexity index is 1080. The summed E-state index contributed by atoms with van der Waals surface area (Å²) in [6.45, 7) is 2.77. The summed E-state index contributed by atoms with van der Waals surface area (Å²) in [5.74, 6) is -0.521. The van der Waals surface area contributed by atoms with E-state index in [0.717, 1.165) is 39.4 Å². The zero-order valence-corrected chi connectivity index (χ0v) is 14.5. The highest BCUT2D eigenvalue weighted by atomic mass is 32.1. The topological polar surface area (TPSA) is 73.8 Å². The van der Waals surface area contributed by atoms with E-state index >= 15 is 0 Å². The van der Waals surface area contributed by atoms with Gasteiger partial charge in [0.15, 0.2) is 0 Å². The molecule has 0 atom stereocenters. The molecule has 6 heteroatoms. The summed E-state index contributed by atoms with van der Waals surface area (Å²) in [6.07, 6.45) is 2.07. The molecule has 4 aromatic rings. The van der Waals surface area contributed by atoms with Crippen LogP contribution in [-0.2, 0) is 6.54 Å². The minimum Gasteiger partial charge on any atom is -0.364 e. The molecule has 124 valence electrons. The molecule has 0 aliphatic rings. The first-order chi connectivity index (χ1) is 12.1. The summed E-state index contributed by atoms with van der Waals surface area (Å²) < 4.78 is 2.18. The Morgan fingerprint density at radius 2 is 2.08 bits per heavy atom. The molecule has 0 fully saturated rings. The molecule has 0 aliphatic heterocycles. The molecule has 0 aliphatic carbocycles. The van der Waals surface area contributed by atoms with Crippen LogP contribution in [0, 0.1) is 6.92 Å². The van der Waals surface area contributed by atoms with E-state index in [-0.39, 0.29) is 5.69 Å². The minimum absolute atomic E-state index is 0.272. The van der Waals surface area contributed by atoms with Crippen LogP contribution in [0.15, 0.2) is 54.0 Å². The van der Waals surface area contributed by atoms with E-state index in [0.29, 0.717) is 0 Å². The third-order valence-corrected chi connectivity index (χ3v) is 4.89. The van der Waals surface area contributed by atoms with Gasteiger partial charge in [-0.1, -0.05) is 12.1 Å². The monoisotopic (exact) mass is 348 g/mol. The lowest BCUT2D eigenvalue weighted by atomic mass is 10.1. The first kappa shape index (κ1) is 15.5. The number of amides is 1. The quantitative estimate of drug-likeness (QED) is 0.612. The molecule has 0 spiro atoms. The van der Waals surface area contributed by atoms with Crippen molar-refractivity contribution in [1.82, 2.24) is 14.5 Å². The molecule has 3 aromatic heterocycles. The van der Waals surface area contributed by atoms with Gasteiger partial charge in [-0.2, -0.15) is 0 Å². The van der Waals surface area contributed by atoms with Crippen LogP contribution in [0.4, 0.5) is 0 Å². The molecule has 1 amide bonds. The molecule has 2 N–H and O–H groups in total. The SMILES string of the molecule is Cc1nc(Cn2ccc3cc(-c4cccc(C(N)=O)n4)ccc32)cs1. The van der Waals surface area contributed by atoms with Gasteiger partial charge in [-0.3, -0.25) is 4.79 Å². The molecule has 4 rings (SSSR count). The fourth-order valence-electron chi connectivity index (χ4n) is 2.89. The van der Waals surface area contributed by atoms with Crippen molar-refractivity contribution in [2.45, 2.75) is 13.5 Å². The van der Waals surface area contributed by atoms with Crippen molar-refractivity contribution in [3.05, 3.63) is 70.4 Å². The van der Waals surface area contributed by atoms with E-state index in [2.05, 4.69) is 44.3 Å². The highest BCUT2D eigenvalue weighted by Gasteiger charge is 2.08. The smallest absolute Gasteiger partial charge is 0.267 e. The molecule has 0 radical (unpaired) electrons. The van der Waals surface area contributed by atoms with Gasteiger partial charge >= 0.3 is 0 Å². The Kier molecular flexibility index (Phi) is 3.82. The van der Waals surface area contributed by atoms with E-state index in [9.17, 15) is 4.79 Å². The van der Waals surface area contributed by atoms with Gasteiger partial charge in [0.05, 0.1) is 22.9 Å². The molecule has 0 saturated heterocycles. The maximum atomic E-state index is 11.3. The van der Waals surface area contributed by atoms with Crippen LogP contribution in [0.3, 0.4) is 0 Å². The molecule has 0 saturated carbocycles. The van der Waals surface area contributed by atoms with Gasteiger partial charge in [0, 0.05) is 28.0 Å². The normalized spacial score (nSPS) is 11.1. The number of thiazole rings is 1. The molecule has 0 unspecified atom stereocenters. The van der Waals surface area contributed by atoms with E-state index in [4.69, 9.17) is 5.73 Å². The van der Waals surface area contributed by atoms with Crippen LogP contribution < -0.4 is 5.73 Å². The maximum absolute atomic E-state index is 11.3. The number of benzene rings is 1. The van der Waals surface area contributed by atoms with Crippen molar-refractivity contribution in [1.29, 1.82) is 0 Å². The van der Waals surface area contributed by atoms with Crippen molar-refractivity contribution in [2.75, 3.05) is 0 Å². The van der Waals surface area contributed by atoms with Gasteiger partial charge in [-0.05, 0) is 37.3 Å². The number of rotatable bonds is 4. The number of hydrogen-bond acceptors (Lipinski definition) is 4. The summed E-state index contributed by atoms with van der Waals surface area (Å²) in [7, 11) is 0. The van der Waals surface area contributed by atoms with E-state index in [1.807, 2.05) is 19.1 Å². The summed E-state index contributed by atoms with van der Waals surface area (Å²) in [5.41, 5.74) is 9.49. The third-order valence-electron chi connectivity index (χ3n) is 4.07. The van der Waals surface area contributed by atoms with Crippen LogP contribution in [0.25, 0.3) is 22.2 Å². The van der Waals surface area contributed by atoms with Crippen LogP contribution in [0.5, 0.6) is 0 Å². The highest BCUT2D eigenvalue weighted by molar-refractivity contribution is 7.09. The predicted octanol–water partition coefficient (Wildman–Crippen LogP) is 3.62. The second-order valence-corrected chi connectivity index (χ2v) is 6.91. The van der Waals surface area contributed by atoms with Gasteiger partial charge in [0.1, 0.15) is 5.69 Å². The van der Waals surface area contributed by atoms with Crippen molar-refractivity contribution < 1.29 is 4.79 Å². The van der Waals surface area contributed by atoms with Crippen LogP contribution in [0.1, 0.15) is 21.2 Å². The standard InChI is InChI=1S/C19H16N4OS/c1-12-21-15(11-25-12)10-23-8-7-14-9-13(5-6-18(14)23)16-3-2-4-17(22-16)19(20)24/h2-9,11H,10H2,1H3,(H2,20,24). The van der Waals surface area contributed by atoms with Crippen LogP contribution in [-0.4, -0.2) is 20.4 Å². The molecule has 0 bridgehead atoms. The van der Waals surface area contributed by atoms with Crippen LogP contribution >= 0.6 is 11.3 Å². The number of primary amides is 1. The summed E-state index contributed by atoms with van der Waals surface area (Å²) in [5, 5.41) is 4.29. The lowest BCUT2D eigenvalue weighted by Crippen LogP contribution is -2.12. The average Bonchev–Trinajstić information content (AvgIpc) is 3.21. The summed E-state index contributed by atoms with van der Waals surface area (Å²) >= 11 is 1.66. The van der Waals surface area contributed by atoms with Gasteiger partial charge in [-0.15, -0.1) is 11.3 Å². The number of nitrogens with two attached hydrogens (primary N) is 1. The zero-order valence-electron chi connectivity index (χ0n) is 13.6. The Labute approximate surface area is 148 Å². The Balaban J connectivity index is 1.70. The van der Waals surface area contributed by atoms with Gasteiger partial charge < -0.3 is 10.3 Å². The lowest BCUT2D eigenvalue weighted by Gasteiger charge is -2.06. The van der Waals surface area contributed by atoms with E-state index in [1.165, 1.54) is 0 Å². The molecule has 3 heterocycles. The van der Waals surface area contributed by atoms with Crippen LogP contribution in [0.2, 0.25) is 0 Å². The number of pyridine rings is 1. The predicted molar refractivity (Wildman–Crippen MR) is 99.6 cm³/mol. The van der Waals surface area contributed by atoms with Crippen molar-refractivity contribution in [3.8, 4) is 11.3 Å². The second-order valence-electron chi connectivity index (χ2n) is 5.85. The first-order valence-electron chi connectivity index (χ1n) is 7.87. The minimum atomic E-state index is -0.521. The number of nitrogens with zero attached hydrogens (tertiary/aromatic N) is 3. The lowest BCUT2D eigenvalue weighted by molar-refractivity contribution is 0.0995. The Morgan fingerprint density at radius 1 is 1.20 bits per heavy atom. The van der Waals surface area contributed by atoms with Gasteiger partial charge in [-0.25, -0.2) is 9.97 Å². The number of carbonyl (C=O) groups is 1. The molecule has 5 nitrogen and oxygen atoms in total. The fraction of sp³-hybridized carbons (Fsp3) is 0.105. The Hall–Kier alpha value is -2.99. The third kappa shape index (κ3) is 3.04. The second kappa shape index (κ2) is 6.14. The maximum Gasteiger partial charge on any atom is 0.267 e. The summed E-state index contributed by atoms with van der Waals surface area (Å²) in [4.78, 5) is 20.2. The molecular formula is C19H16N4OS. The Morgan fingerprint density at radius 3 is 2.84 bits per heavy atom. The van der Waals surface area contributed by atoms with Gasteiger partial charge in [0.25, 0.3) is 5.91 Å². The van der Waals surface area contributed by atoms with Crippen molar-refractivity contribution in [3.63, 3.8) is 0 Å². The highest BCUT2D eigenvalue weighted by Crippen LogP contribution is 2.25. The first-order valence-corrected chi connectivity index (χ1v) is 8.75. The molecule has 25 heavy (non-hydrogen) atoms. The van der Waals surface area contributed by atoms with Crippen molar-refractivity contribution >= 4 is 28.1 Å². The molecular weight excluding hydrogens is 332 g/mol. The largest absolute Gasteiger partial charge is 0.364 e.